The molecule has 6 fully saturated rings. The van der Waals surface area contributed by atoms with Gasteiger partial charge in [-0.25, -0.2) is 4.79 Å². The number of esters is 2. The molecule has 14 atom stereocenters. The van der Waals surface area contributed by atoms with E-state index >= 15 is 0 Å². The number of aliphatic hydroxyl groups excluding tert-OH is 1. The third kappa shape index (κ3) is 3.64. The van der Waals surface area contributed by atoms with E-state index < -0.39 is 28.6 Å². The number of nitrogens with zero attached hydrogens (tertiary/aromatic N) is 1. The van der Waals surface area contributed by atoms with Gasteiger partial charge in [-0.1, -0.05) is 25.1 Å². The molecular weight excluding hydrogens is 566 g/mol. The molecule has 0 aromatic heterocycles. The maximum atomic E-state index is 13.7. The van der Waals surface area contributed by atoms with Crippen LogP contribution in [0.1, 0.15) is 43.5 Å². The van der Waals surface area contributed by atoms with E-state index in [0.29, 0.717) is 31.6 Å². The molecule has 10 nitrogen and oxygen atoms in total. The van der Waals surface area contributed by atoms with Gasteiger partial charge in [0.15, 0.2) is 0 Å². The molecule has 1 heterocycles. The van der Waals surface area contributed by atoms with Crippen molar-refractivity contribution in [3.05, 3.63) is 35.9 Å². The second-order valence-electron chi connectivity index (χ2n) is 14.1. The van der Waals surface area contributed by atoms with Gasteiger partial charge in [-0.05, 0) is 31.0 Å². The first-order valence-corrected chi connectivity index (χ1v) is 16.1. The monoisotopic (exact) mass is 613 g/mol. The zero-order chi connectivity index (χ0) is 31.2. The highest BCUT2D eigenvalue weighted by Gasteiger charge is 2.89. The fraction of sp³-hybridized carbons (Fsp3) is 0.765. The third-order valence-corrected chi connectivity index (χ3v) is 13.0. The van der Waals surface area contributed by atoms with E-state index in [2.05, 4.69) is 11.8 Å². The van der Waals surface area contributed by atoms with Crippen molar-refractivity contribution in [2.45, 2.75) is 75.3 Å². The minimum atomic E-state index is -1.01. The number of aliphatic hydroxyl groups is 1. The Hall–Kier alpha value is -2.08. The summed E-state index contributed by atoms with van der Waals surface area (Å²) in [6.07, 6.45) is -0.424. The number of likely N-dealkylation sites (tertiary alicyclic amines) is 1. The van der Waals surface area contributed by atoms with E-state index in [0.717, 1.165) is 13.0 Å². The van der Waals surface area contributed by atoms with Crippen LogP contribution in [0.4, 0.5) is 0 Å². The van der Waals surface area contributed by atoms with Crippen LogP contribution in [0.25, 0.3) is 0 Å². The van der Waals surface area contributed by atoms with Crippen LogP contribution in [0.5, 0.6) is 0 Å². The Kier molecular flexibility index (Phi) is 7.46. The number of benzene rings is 1. The lowest BCUT2D eigenvalue weighted by Crippen LogP contribution is -2.79. The fourth-order valence-electron chi connectivity index (χ4n) is 12.2. The van der Waals surface area contributed by atoms with Crippen molar-refractivity contribution in [3.63, 3.8) is 0 Å². The van der Waals surface area contributed by atoms with Gasteiger partial charge in [0.25, 0.3) is 0 Å². The van der Waals surface area contributed by atoms with Crippen molar-refractivity contribution in [1.82, 2.24) is 4.90 Å². The first-order chi connectivity index (χ1) is 21.2. The quantitative estimate of drug-likeness (QED) is 0.417. The van der Waals surface area contributed by atoms with Gasteiger partial charge in [0, 0.05) is 95.3 Å². The van der Waals surface area contributed by atoms with Crippen molar-refractivity contribution in [2.24, 2.45) is 40.4 Å². The molecule has 7 bridgehead atoms. The summed E-state index contributed by atoms with van der Waals surface area (Å²) in [5.41, 5.74) is -1.61. The molecule has 1 saturated heterocycles. The van der Waals surface area contributed by atoms with Crippen molar-refractivity contribution in [1.29, 1.82) is 0 Å². The number of carbonyl (C=O) groups is 2. The molecule has 5 saturated carbocycles. The van der Waals surface area contributed by atoms with Crippen molar-refractivity contribution < 1.29 is 43.1 Å². The Morgan fingerprint density at radius 3 is 2.36 bits per heavy atom. The maximum Gasteiger partial charge on any atom is 0.338 e. The lowest BCUT2D eigenvalue weighted by molar-refractivity contribution is -0.297. The van der Waals surface area contributed by atoms with Crippen LogP contribution in [0.2, 0.25) is 0 Å². The predicted molar refractivity (Wildman–Crippen MR) is 158 cm³/mol. The number of methoxy groups -OCH3 is 4. The molecule has 0 amide bonds. The molecule has 1 aromatic carbocycles. The van der Waals surface area contributed by atoms with Crippen molar-refractivity contribution >= 4 is 11.9 Å². The van der Waals surface area contributed by atoms with E-state index in [9.17, 15) is 14.7 Å². The summed E-state index contributed by atoms with van der Waals surface area (Å²) >= 11 is 0. The van der Waals surface area contributed by atoms with Crippen LogP contribution in [0.15, 0.2) is 30.3 Å². The number of rotatable bonds is 9. The van der Waals surface area contributed by atoms with Gasteiger partial charge in [-0.3, -0.25) is 9.69 Å². The number of fused-ring (bicyclic) bond motifs is 2. The molecule has 1 N–H and O–H groups in total. The normalized spacial score (nSPS) is 48.2. The third-order valence-electron chi connectivity index (χ3n) is 13.0. The molecule has 44 heavy (non-hydrogen) atoms. The van der Waals surface area contributed by atoms with Gasteiger partial charge < -0.3 is 33.5 Å². The number of carbonyl (C=O) groups excluding carboxylic acids is 2. The Morgan fingerprint density at radius 1 is 1.00 bits per heavy atom. The summed E-state index contributed by atoms with van der Waals surface area (Å²) in [5, 5.41) is 12.0. The number of hydrogen-bond donors (Lipinski definition) is 1. The van der Waals surface area contributed by atoms with Crippen LogP contribution in [-0.4, -0.2) is 112 Å². The molecule has 1 spiro atoms. The highest BCUT2D eigenvalue weighted by atomic mass is 16.6. The molecule has 1 aliphatic heterocycles. The first kappa shape index (κ1) is 30.6. The average Bonchev–Trinajstić information content (AvgIpc) is 3.44. The minimum absolute atomic E-state index is 0.0367. The molecule has 10 heteroatoms. The van der Waals surface area contributed by atoms with Crippen LogP contribution < -0.4 is 0 Å². The van der Waals surface area contributed by atoms with Gasteiger partial charge >= 0.3 is 11.9 Å². The summed E-state index contributed by atoms with van der Waals surface area (Å²) in [7, 11) is 6.88. The van der Waals surface area contributed by atoms with E-state index in [4.69, 9.17) is 28.4 Å². The smallest absolute Gasteiger partial charge is 0.338 e. The van der Waals surface area contributed by atoms with E-state index in [-0.39, 0.29) is 65.9 Å². The molecule has 3 unspecified atom stereocenters. The Morgan fingerprint density at radius 2 is 1.75 bits per heavy atom. The molecule has 1 aromatic rings. The van der Waals surface area contributed by atoms with Gasteiger partial charge in [0.1, 0.15) is 11.7 Å². The van der Waals surface area contributed by atoms with E-state index in [1.165, 1.54) is 6.92 Å². The van der Waals surface area contributed by atoms with E-state index in [1.54, 1.807) is 40.6 Å². The zero-order valence-corrected chi connectivity index (χ0v) is 26.6. The predicted octanol–water partition coefficient (Wildman–Crippen LogP) is 2.56. The first-order valence-electron chi connectivity index (χ1n) is 16.1. The largest absolute Gasteiger partial charge is 0.458 e. The SMILES string of the molecule is CCN1C[C@@]2(COC)C3[C@@H](OC)[C@H]4[C@H]1[C@@]3(C1C[C@H]3[C@H](OC(=O)c5ccccc5)C1[C@]4(OC(C)=O)C[C@H]3OC)[C@@H](OC)C[C@H]2O. The molecule has 7 rings (SSSR count). The summed E-state index contributed by atoms with van der Waals surface area (Å²) in [5.74, 6) is -1.57. The number of piperidine rings is 1. The topological polar surface area (TPSA) is 113 Å². The average molecular weight is 614 g/mol. The fourth-order valence-corrected chi connectivity index (χ4v) is 12.2. The van der Waals surface area contributed by atoms with E-state index in [1.807, 2.05) is 18.2 Å². The second kappa shape index (κ2) is 10.7. The van der Waals surface area contributed by atoms with Crippen LogP contribution >= 0.6 is 0 Å². The lowest BCUT2D eigenvalue weighted by atomic mass is 9.42. The second-order valence-corrected chi connectivity index (χ2v) is 14.1. The van der Waals surface area contributed by atoms with Crippen LogP contribution in [0, 0.1) is 40.4 Å². The van der Waals surface area contributed by atoms with Crippen LogP contribution in [0.3, 0.4) is 0 Å². The number of ether oxygens (including phenoxy) is 6. The van der Waals surface area contributed by atoms with Crippen molar-refractivity contribution in [3.8, 4) is 0 Å². The summed E-state index contributed by atoms with van der Waals surface area (Å²) < 4.78 is 38.3. The molecular formula is C34H47NO9. The standard InChI is InChI=1S/C34H47NO9/c1-7-35-16-32(17-39-3)23(37)14-24(41-5)34-21-13-20-22(40-4)15-33(44-18(2)36,26(30(34)35)28(42-6)29(32)34)25(21)27(20)43-31(38)19-11-9-8-10-12-19/h8-12,20-30,37H,7,13-17H2,1-6H3/t20-,21?,22-,23-,24+,25?,26+,27+,28+,29?,30+,32+,33-,34+/m1/s1. The molecule has 0 radical (unpaired) electrons. The summed E-state index contributed by atoms with van der Waals surface area (Å²) in [4.78, 5) is 29.4. The van der Waals surface area contributed by atoms with Gasteiger partial charge in [-0.15, -0.1) is 0 Å². The lowest BCUT2D eigenvalue weighted by Gasteiger charge is -2.70. The molecule has 242 valence electrons. The highest BCUT2D eigenvalue weighted by Crippen LogP contribution is 2.80. The van der Waals surface area contributed by atoms with Gasteiger partial charge in [0.2, 0.25) is 0 Å². The Bertz CT molecular complexity index is 1280. The Balaban J connectivity index is 1.48. The maximum absolute atomic E-state index is 13.7. The van der Waals surface area contributed by atoms with Crippen LogP contribution in [-0.2, 0) is 33.2 Å². The highest BCUT2D eigenvalue weighted by molar-refractivity contribution is 5.89. The minimum Gasteiger partial charge on any atom is -0.458 e. The number of hydrogen-bond acceptors (Lipinski definition) is 10. The van der Waals surface area contributed by atoms with Gasteiger partial charge in [0.05, 0.1) is 36.6 Å². The summed E-state index contributed by atoms with van der Waals surface area (Å²) in [6.45, 7) is 5.40. The molecule has 6 aliphatic rings. The summed E-state index contributed by atoms with van der Waals surface area (Å²) in [6, 6.07) is 9.02. The molecule has 5 aliphatic carbocycles. The zero-order valence-electron chi connectivity index (χ0n) is 26.6. The van der Waals surface area contributed by atoms with Gasteiger partial charge in [-0.2, -0.15) is 0 Å². The Labute approximate surface area is 259 Å². The van der Waals surface area contributed by atoms with Crippen molar-refractivity contribution in [2.75, 3.05) is 48.1 Å².